The van der Waals surface area contributed by atoms with Crippen LogP contribution in [0.2, 0.25) is 0 Å². The molecular formula is C43H42N4O2. The number of para-hydroxylation sites is 1. The van der Waals surface area contributed by atoms with Gasteiger partial charge in [0.1, 0.15) is 17.3 Å². The third kappa shape index (κ3) is 5.52. The number of nitrogens with zero attached hydrogens (tertiary/aromatic N) is 4. The van der Waals surface area contributed by atoms with Crippen molar-refractivity contribution in [1.82, 2.24) is 4.57 Å². The minimum atomic E-state index is -0.0355. The van der Waals surface area contributed by atoms with Crippen LogP contribution in [0.15, 0.2) is 95.6 Å². The molecule has 7 rings (SSSR count). The summed E-state index contributed by atoms with van der Waals surface area (Å²) in [5.74, 6) is 1.99. The molecule has 4 aromatic rings. The summed E-state index contributed by atoms with van der Waals surface area (Å²) in [6.45, 7) is 22.1. The summed E-state index contributed by atoms with van der Waals surface area (Å²) in [5, 5.41) is 12.2. The van der Waals surface area contributed by atoms with E-state index < -0.39 is 0 Å². The van der Waals surface area contributed by atoms with Gasteiger partial charge in [-0.25, -0.2) is 10.1 Å². The summed E-state index contributed by atoms with van der Waals surface area (Å²) in [7, 11) is 1.76. The molecular weight excluding hydrogens is 604 g/mol. The number of benzene rings is 3. The van der Waals surface area contributed by atoms with Crippen molar-refractivity contribution in [3.63, 3.8) is 0 Å². The lowest BCUT2D eigenvalue weighted by Gasteiger charge is -2.48. The lowest BCUT2D eigenvalue weighted by Crippen LogP contribution is -2.45. The second-order valence-electron chi connectivity index (χ2n) is 14.5. The van der Waals surface area contributed by atoms with Crippen molar-refractivity contribution in [3.8, 4) is 11.8 Å². The lowest BCUT2D eigenvalue weighted by atomic mass is 9.68. The fraction of sp³-hybridized carbons (Fsp3) is 0.302. The van der Waals surface area contributed by atoms with Crippen molar-refractivity contribution in [2.24, 2.45) is 0 Å². The first-order chi connectivity index (χ1) is 23.6. The number of anilines is 1. The number of hydrogen-bond acceptors (Lipinski definition) is 4. The van der Waals surface area contributed by atoms with E-state index in [4.69, 9.17) is 16.0 Å². The molecule has 1 aromatic heterocycles. The first-order valence-electron chi connectivity index (χ1n) is 17.1. The van der Waals surface area contributed by atoms with E-state index in [1.54, 1.807) is 19.3 Å². The molecule has 0 amide bonds. The van der Waals surface area contributed by atoms with E-state index in [0.29, 0.717) is 17.1 Å². The van der Waals surface area contributed by atoms with Crippen molar-refractivity contribution in [2.45, 2.75) is 64.8 Å². The van der Waals surface area contributed by atoms with Gasteiger partial charge >= 0.3 is 0 Å². The molecule has 6 nitrogen and oxygen atoms in total. The monoisotopic (exact) mass is 646 g/mol. The number of aryl methyl sites for hydroxylation is 1. The Morgan fingerprint density at radius 1 is 0.939 bits per heavy atom. The van der Waals surface area contributed by atoms with E-state index >= 15 is 0 Å². The van der Waals surface area contributed by atoms with E-state index in [0.717, 1.165) is 49.4 Å². The zero-order chi connectivity index (χ0) is 34.5. The van der Waals surface area contributed by atoms with E-state index in [1.807, 2.05) is 24.3 Å². The molecule has 0 saturated carbocycles. The molecule has 0 radical (unpaired) electrons. The Balaban J connectivity index is 1.26. The fourth-order valence-electron chi connectivity index (χ4n) is 7.78. The summed E-state index contributed by atoms with van der Waals surface area (Å²) >= 11 is 0. The highest BCUT2D eigenvalue weighted by atomic mass is 16.5. The number of hydrogen-bond donors (Lipinski definition) is 0. The minimum Gasteiger partial charge on any atom is -0.496 e. The highest BCUT2D eigenvalue weighted by Crippen LogP contribution is 2.53. The van der Waals surface area contributed by atoms with Gasteiger partial charge in [-0.1, -0.05) is 58.0 Å². The predicted molar refractivity (Wildman–Crippen MR) is 200 cm³/mol. The molecule has 6 heteroatoms. The summed E-state index contributed by atoms with van der Waals surface area (Å²) < 4.78 is 14.9. The van der Waals surface area contributed by atoms with Crippen molar-refractivity contribution >= 4 is 39.6 Å². The van der Waals surface area contributed by atoms with Gasteiger partial charge in [0, 0.05) is 58.3 Å². The summed E-state index contributed by atoms with van der Waals surface area (Å²) in [4.78, 5) is 6.04. The van der Waals surface area contributed by atoms with E-state index in [9.17, 15) is 5.26 Å². The highest BCUT2D eigenvalue weighted by Gasteiger charge is 2.42. The van der Waals surface area contributed by atoms with E-state index in [-0.39, 0.29) is 16.5 Å². The average molecular weight is 647 g/mol. The van der Waals surface area contributed by atoms with Gasteiger partial charge in [0.05, 0.1) is 19.8 Å². The fourth-order valence-corrected chi connectivity index (χ4v) is 7.78. The van der Waals surface area contributed by atoms with Crippen molar-refractivity contribution in [1.29, 1.82) is 5.26 Å². The van der Waals surface area contributed by atoms with Crippen LogP contribution in [0.25, 0.3) is 38.8 Å². The number of ether oxygens (including phenoxy) is 2. The van der Waals surface area contributed by atoms with E-state index in [2.05, 4.69) is 104 Å². The zero-order valence-electron chi connectivity index (χ0n) is 29.2. The van der Waals surface area contributed by atoms with Crippen LogP contribution in [0.1, 0.15) is 69.7 Å². The summed E-state index contributed by atoms with van der Waals surface area (Å²) in [6, 6.07) is 19.3. The van der Waals surface area contributed by atoms with E-state index in [1.165, 1.54) is 38.6 Å². The maximum atomic E-state index is 9.76. The van der Waals surface area contributed by atoms with Crippen molar-refractivity contribution in [2.75, 3.05) is 25.1 Å². The molecule has 0 fully saturated rings. The molecule has 0 unspecified atom stereocenters. The summed E-state index contributed by atoms with van der Waals surface area (Å²) in [5.41, 5.74) is 8.96. The third-order valence-corrected chi connectivity index (χ3v) is 10.5. The number of rotatable bonds is 6. The van der Waals surface area contributed by atoms with Crippen LogP contribution in [-0.4, -0.2) is 24.8 Å². The summed E-state index contributed by atoms with van der Waals surface area (Å²) in [6.07, 6.45) is 13.6. The van der Waals surface area contributed by atoms with Crippen molar-refractivity contribution < 1.29 is 9.47 Å². The van der Waals surface area contributed by atoms with Gasteiger partial charge < -0.3 is 18.9 Å². The van der Waals surface area contributed by atoms with Gasteiger partial charge in [0.2, 0.25) is 0 Å². The number of allylic oxidation sites excluding steroid dienone is 6. The van der Waals surface area contributed by atoms with Crippen LogP contribution in [0.5, 0.6) is 5.75 Å². The maximum Gasteiger partial charge on any atom is 0.269 e. The number of nitriles is 1. The molecule has 0 atom stereocenters. The number of methoxy groups -OCH3 is 1. The van der Waals surface area contributed by atoms with Gasteiger partial charge in [-0.2, -0.15) is 0 Å². The highest BCUT2D eigenvalue weighted by molar-refractivity contribution is 6.08. The average Bonchev–Trinajstić information content (AvgIpc) is 3.42. The molecule has 3 aliphatic rings. The van der Waals surface area contributed by atoms with Gasteiger partial charge in [-0.15, -0.1) is 0 Å². The Labute approximate surface area is 289 Å². The Hall–Kier alpha value is -5.46. The smallest absolute Gasteiger partial charge is 0.269 e. The molecule has 49 heavy (non-hydrogen) atoms. The predicted octanol–water partition coefficient (Wildman–Crippen LogP) is 10.2. The van der Waals surface area contributed by atoms with Crippen LogP contribution >= 0.6 is 0 Å². The topological polar surface area (TPSA) is 54.8 Å². The number of fused-ring (bicyclic) bond motifs is 3. The van der Waals surface area contributed by atoms with Gasteiger partial charge in [-0.3, -0.25) is 0 Å². The van der Waals surface area contributed by atoms with Crippen molar-refractivity contribution in [3.05, 3.63) is 129 Å². The molecule has 3 aromatic carbocycles. The second kappa shape index (κ2) is 12.2. The van der Waals surface area contributed by atoms with Crippen LogP contribution in [0, 0.1) is 17.9 Å². The minimum absolute atomic E-state index is 0.0216. The molecule has 3 aliphatic heterocycles. The Morgan fingerprint density at radius 3 is 2.33 bits per heavy atom. The molecule has 0 aliphatic carbocycles. The third-order valence-electron chi connectivity index (χ3n) is 10.5. The van der Waals surface area contributed by atoms with Gasteiger partial charge in [0.15, 0.2) is 0 Å². The largest absolute Gasteiger partial charge is 0.496 e. The number of aromatic nitrogens is 1. The second-order valence-corrected chi connectivity index (χ2v) is 14.5. The molecule has 0 spiro atoms. The molecule has 0 saturated heterocycles. The molecule has 0 N–H and O–H groups in total. The quantitative estimate of drug-likeness (QED) is 0.155. The van der Waals surface area contributed by atoms with Crippen LogP contribution in [0.4, 0.5) is 5.69 Å². The first-order valence-corrected chi connectivity index (χ1v) is 17.1. The lowest BCUT2D eigenvalue weighted by molar-refractivity contribution is 0.332. The molecule has 246 valence electrons. The Bertz CT molecular complexity index is 2240. The Kier molecular flexibility index (Phi) is 8.00. The molecule has 4 heterocycles. The van der Waals surface area contributed by atoms with Gasteiger partial charge in [-0.05, 0) is 102 Å². The SMILES string of the molecule is [C-]#[N+]/C(C#N)=C1C=C(/C=C/c2ccc3c(c2)c2ccccc2n3CC)OC(/C=C/c2cc3c4c(c2OC)C(C)(C)CCN4CCC3(C)C)=C/1. The maximum absolute atomic E-state index is 9.76. The van der Waals surface area contributed by atoms with Crippen LogP contribution in [0.3, 0.4) is 0 Å². The normalized spacial score (nSPS) is 18.9. The van der Waals surface area contributed by atoms with Gasteiger partial charge in [0.25, 0.3) is 5.70 Å². The Morgan fingerprint density at radius 2 is 1.63 bits per heavy atom. The first kappa shape index (κ1) is 32.1. The van der Waals surface area contributed by atoms with Crippen LogP contribution < -0.4 is 9.64 Å². The standard InChI is InChI=1S/C43H42N4O2/c1-8-47-37-12-10-9-11-33(37)34-23-28(14-18-38(34)47)13-16-31-24-30(36(27-44)45-6)25-32(49-31)17-15-29-26-35-40-39(41(29)48-7)43(4,5)20-22-46(40)21-19-42(35,2)3/h9-18,23-26H,8,19-22H2,1-5,7H3/b16-13+,17-15+,36-30-. The zero-order valence-corrected chi connectivity index (χ0v) is 29.2. The van der Waals surface area contributed by atoms with Crippen LogP contribution in [-0.2, 0) is 22.1 Å². The molecule has 0 bridgehead atoms.